The first-order valence-electron chi connectivity index (χ1n) is 14.3. The fourth-order valence-corrected chi connectivity index (χ4v) is 5.84. The van der Waals surface area contributed by atoms with Gasteiger partial charge in [0.25, 0.3) is 0 Å². The summed E-state index contributed by atoms with van der Waals surface area (Å²) in [6, 6.07) is 8.23. The lowest BCUT2D eigenvalue weighted by Gasteiger charge is -2.39. The van der Waals surface area contributed by atoms with Crippen LogP contribution in [0.3, 0.4) is 0 Å². The number of hydrogen-bond acceptors (Lipinski definition) is 10. The molecule has 2 N–H and O–H groups in total. The van der Waals surface area contributed by atoms with E-state index < -0.39 is 8.32 Å². The third-order valence-corrected chi connectivity index (χ3v) is 13.1. The van der Waals surface area contributed by atoms with E-state index in [0.29, 0.717) is 67.6 Å². The Labute approximate surface area is 249 Å². The number of anilines is 3. The molecule has 5 rings (SSSR count). The van der Waals surface area contributed by atoms with E-state index in [1.165, 1.54) is 0 Å². The van der Waals surface area contributed by atoms with Crippen molar-refractivity contribution in [2.24, 2.45) is 5.41 Å². The molecule has 42 heavy (non-hydrogen) atoms. The number of nitrogens with zero attached hydrogens (tertiary/aromatic N) is 5. The molecule has 222 valence electrons. The van der Waals surface area contributed by atoms with Crippen molar-refractivity contribution in [3.8, 4) is 23.2 Å². The number of benzene rings is 1. The topological polar surface area (TPSA) is 127 Å². The number of nitriles is 1. The van der Waals surface area contributed by atoms with Crippen molar-refractivity contribution in [2.45, 2.75) is 65.1 Å². The third kappa shape index (κ3) is 5.97. The van der Waals surface area contributed by atoms with Gasteiger partial charge in [0, 0.05) is 35.7 Å². The zero-order valence-electron chi connectivity index (χ0n) is 25.9. The molecule has 0 aliphatic carbocycles. The Morgan fingerprint density at radius 3 is 2.57 bits per heavy atom. The van der Waals surface area contributed by atoms with Gasteiger partial charge in [-0.05, 0) is 48.8 Å². The van der Waals surface area contributed by atoms with E-state index in [0.717, 1.165) is 16.8 Å². The van der Waals surface area contributed by atoms with Crippen molar-refractivity contribution in [1.29, 1.82) is 5.26 Å². The Hall–Kier alpha value is -3.59. The van der Waals surface area contributed by atoms with E-state index in [9.17, 15) is 5.26 Å². The minimum absolute atomic E-state index is 0.0301. The molecule has 1 saturated heterocycles. The highest BCUT2D eigenvalue weighted by Crippen LogP contribution is 2.44. The molecule has 2 aromatic heterocycles. The lowest BCUT2D eigenvalue weighted by molar-refractivity contribution is -0.120. The van der Waals surface area contributed by atoms with E-state index in [4.69, 9.17) is 18.9 Å². The predicted molar refractivity (Wildman–Crippen MR) is 166 cm³/mol. The van der Waals surface area contributed by atoms with Crippen LogP contribution in [0.15, 0.2) is 30.6 Å². The second-order valence-electron chi connectivity index (χ2n) is 13.6. The second kappa shape index (κ2) is 10.9. The number of hydrogen-bond donors (Lipinski definition) is 2. The van der Waals surface area contributed by atoms with Crippen molar-refractivity contribution >= 4 is 25.6 Å². The van der Waals surface area contributed by atoms with Gasteiger partial charge in [0.05, 0.1) is 43.0 Å². The quantitative estimate of drug-likeness (QED) is 0.289. The Morgan fingerprint density at radius 1 is 1.14 bits per heavy atom. The number of aromatic nitrogens is 4. The molecular formula is C31H41N7O3Si. The van der Waals surface area contributed by atoms with Crippen molar-refractivity contribution in [3.63, 3.8) is 0 Å². The smallest absolute Gasteiger partial charge is 0.241 e. The summed E-state index contributed by atoms with van der Waals surface area (Å²) in [7, 11) is -1.96. The van der Waals surface area contributed by atoms with E-state index in [1.807, 2.05) is 19.1 Å². The normalized spacial score (nSPS) is 19.3. The van der Waals surface area contributed by atoms with E-state index >= 15 is 0 Å². The summed E-state index contributed by atoms with van der Waals surface area (Å²) in [6.45, 7) is 20.5. The maximum atomic E-state index is 10.0. The molecule has 11 heteroatoms. The van der Waals surface area contributed by atoms with Crippen LogP contribution in [0, 0.1) is 23.7 Å². The van der Waals surface area contributed by atoms with Crippen LogP contribution in [-0.2, 0) is 14.6 Å². The van der Waals surface area contributed by atoms with Gasteiger partial charge in [-0.3, -0.25) is 0 Å². The van der Waals surface area contributed by atoms with Crippen LogP contribution < -0.4 is 15.4 Å². The first kappa shape index (κ1) is 29.9. The molecule has 10 nitrogen and oxygen atoms in total. The Kier molecular flexibility index (Phi) is 7.76. The van der Waals surface area contributed by atoms with Gasteiger partial charge in [-0.25, -0.2) is 15.0 Å². The van der Waals surface area contributed by atoms with Crippen LogP contribution in [0.5, 0.6) is 5.88 Å². The molecule has 3 aromatic rings. The van der Waals surface area contributed by atoms with Crippen molar-refractivity contribution in [2.75, 3.05) is 43.6 Å². The monoisotopic (exact) mass is 587 g/mol. The number of rotatable bonds is 9. The van der Waals surface area contributed by atoms with Gasteiger partial charge >= 0.3 is 0 Å². The summed E-state index contributed by atoms with van der Waals surface area (Å²) in [5.41, 5.74) is 4.33. The van der Waals surface area contributed by atoms with E-state index in [1.54, 1.807) is 12.4 Å². The van der Waals surface area contributed by atoms with Gasteiger partial charge in [-0.1, -0.05) is 34.6 Å². The van der Waals surface area contributed by atoms with Crippen LogP contribution in [-0.4, -0.2) is 61.2 Å². The maximum Gasteiger partial charge on any atom is 0.241 e. The Morgan fingerprint density at radius 2 is 1.90 bits per heavy atom. The van der Waals surface area contributed by atoms with Crippen LogP contribution in [0.1, 0.15) is 51.6 Å². The van der Waals surface area contributed by atoms with E-state index in [2.05, 4.69) is 85.4 Å². The molecule has 0 amide bonds. The molecule has 0 radical (unpaired) electrons. The molecular weight excluding hydrogens is 546 g/mol. The zero-order chi connectivity index (χ0) is 30.3. The SMILES string of the molecule is Cc1ncc(Nc2nccc(-c3cc(C#N)c4c(c3)[C@@](C)(CO[Si](C)(C)C(C)(C)C)CN4)n2)c(OCC2(C)COC2)n1. The standard InChI is InChI=1S/C31H41N7O3Si/c1-20-34-14-25(27(36-20)40-18-30(5)16-39-17-30)38-28-33-10-9-24(37-28)21-11-22(13-32)26-23(12-21)31(6,15-35-26)19-41-42(7,8)29(2,3)4/h9-12,14,35H,15-19H2,1-8H3,(H,33,37,38)/t31-/m1/s1. The molecule has 0 bridgehead atoms. The van der Waals surface area contributed by atoms with Crippen molar-refractivity contribution in [3.05, 3.63) is 47.5 Å². The van der Waals surface area contributed by atoms with Crippen molar-refractivity contribution < 1.29 is 13.9 Å². The molecule has 0 unspecified atom stereocenters. The summed E-state index contributed by atoms with van der Waals surface area (Å²) in [4.78, 5) is 18.1. The second-order valence-corrected chi connectivity index (χ2v) is 18.4. The lowest BCUT2D eigenvalue weighted by Crippen LogP contribution is -2.45. The predicted octanol–water partition coefficient (Wildman–Crippen LogP) is 5.98. The van der Waals surface area contributed by atoms with Gasteiger partial charge in [0.2, 0.25) is 11.8 Å². The summed E-state index contributed by atoms with van der Waals surface area (Å²) >= 11 is 0. The number of aryl methyl sites for hydroxylation is 1. The highest BCUT2D eigenvalue weighted by Gasteiger charge is 2.42. The highest BCUT2D eigenvalue weighted by molar-refractivity contribution is 6.74. The summed E-state index contributed by atoms with van der Waals surface area (Å²) < 4.78 is 18.1. The summed E-state index contributed by atoms with van der Waals surface area (Å²) in [5.74, 6) is 1.43. The number of ether oxygens (including phenoxy) is 2. The summed E-state index contributed by atoms with van der Waals surface area (Å²) in [6.07, 6.45) is 3.38. The van der Waals surface area contributed by atoms with Crippen LogP contribution in [0.4, 0.5) is 17.3 Å². The van der Waals surface area contributed by atoms with Crippen molar-refractivity contribution in [1.82, 2.24) is 19.9 Å². The minimum atomic E-state index is -1.96. The average Bonchev–Trinajstić information content (AvgIpc) is 3.27. The molecule has 1 atom stereocenters. The Balaban J connectivity index is 1.42. The van der Waals surface area contributed by atoms with Gasteiger partial charge in [-0.2, -0.15) is 10.2 Å². The Bertz CT molecular complexity index is 1530. The lowest BCUT2D eigenvalue weighted by atomic mass is 9.83. The first-order chi connectivity index (χ1) is 19.7. The molecule has 2 aliphatic heterocycles. The van der Waals surface area contributed by atoms with Gasteiger partial charge in [0.15, 0.2) is 8.32 Å². The highest BCUT2D eigenvalue weighted by atomic mass is 28.4. The summed E-state index contributed by atoms with van der Waals surface area (Å²) in [5, 5.41) is 16.9. The van der Waals surface area contributed by atoms with Gasteiger partial charge in [0.1, 0.15) is 17.6 Å². The minimum Gasteiger partial charge on any atom is -0.475 e. The largest absolute Gasteiger partial charge is 0.475 e. The third-order valence-electron chi connectivity index (χ3n) is 8.65. The van der Waals surface area contributed by atoms with Gasteiger partial charge in [-0.15, -0.1) is 0 Å². The first-order valence-corrected chi connectivity index (χ1v) is 17.2. The molecule has 0 saturated carbocycles. The van der Waals surface area contributed by atoms with Crippen LogP contribution in [0.2, 0.25) is 18.1 Å². The van der Waals surface area contributed by atoms with Crippen LogP contribution >= 0.6 is 0 Å². The molecule has 0 spiro atoms. The maximum absolute atomic E-state index is 10.0. The molecule has 1 fully saturated rings. The average molecular weight is 588 g/mol. The fraction of sp³-hybridized carbons (Fsp3) is 0.516. The molecule has 1 aromatic carbocycles. The van der Waals surface area contributed by atoms with Crippen LogP contribution in [0.25, 0.3) is 11.3 Å². The van der Waals surface area contributed by atoms with E-state index in [-0.39, 0.29) is 15.9 Å². The zero-order valence-corrected chi connectivity index (χ0v) is 26.9. The molecule has 4 heterocycles. The number of fused-ring (bicyclic) bond motifs is 1. The fourth-order valence-electron chi connectivity index (χ4n) is 4.73. The van der Waals surface area contributed by atoms with Gasteiger partial charge < -0.3 is 24.5 Å². The molecule has 2 aliphatic rings. The number of nitrogens with one attached hydrogen (secondary N) is 2.